The van der Waals surface area contributed by atoms with Gasteiger partial charge in [-0.05, 0) is 43.7 Å². The fraction of sp³-hybridized carbons (Fsp3) is 0.125. The molecular weight excluding hydrogens is 396 g/mol. The Kier molecular flexibility index (Phi) is 5.42. The van der Waals surface area contributed by atoms with Crippen LogP contribution in [0.25, 0.3) is 11.4 Å². The normalized spacial score (nSPS) is 11.4. The Labute approximate surface area is 176 Å². The van der Waals surface area contributed by atoms with Gasteiger partial charge in [-0.1, -0.05) is 59.7 Å². The molecule has 6 heteroatoms. The van der Waals surface area contributed by atoms with Crippen LogP contribution in [0.1, 0.15) is 16.7 Å². The van der Waals surface area contributed by atoms with E-state index in [2.05, 4.69) is 4.98 Å². The lowest BCUT2D eigenvalue weighted by atomic mass is 10.1. The zero-order valence-corrected chi connectivity index (χ0v) is 17.6. The van der Waals surface area contributed by atoms with Gasteiger partial charge in [0.1, 0.15) is 12.4 Å². The van der Waals surface area contributed by atoms with Crippen LogP contribution >= 0.6 is 0 Å². The third-order valence-electron chi connectivity index (χ3n) is 4.83. The molecule has 0 aliphatic heterocycles. The van der Waals surface area contributed by atoms with Gasteiger partial charge in [0.2, 0.25) is 0 Å². The van der Waals surface area contributed by atoms with Crippen molar-refractivity contribution < 1.29 is 13.2 Å². The van der Waals surface area contributed by atoms with Crippen LogP contribution in [0.2, 0.25) is 0 Å². The van der Waals surface area contributed by atoms with Crippen molar-refractivity contribution in [1.82, 2.24) is 8.96 Å². The van der Waals surface area contributed by atoms with Gasteiger partial charge in [0.05, 0.1) is 10.5 Å². The van der Waals surface area contributed by atoms with Gasteiger partial charge in [-0.15, -0.1) is 0 Å². The van der Waals surface area contributed by atoms with Crippen LogP contribution in [0.15, 0.2) is 90.1 Å². The predicted octanol–water partition coefficient (Wildman–Crippen LogP) is 4.98. The van der Waals surface area contributed by atoms with Gasteiger partial charge >= 0.3 is 0 Å². The SMILES string of the molecule is Cc1ccc(COc2ccccc2-c2nccn2S(=O)(=O)c2ccc(C)cc2)cc1. The lowest BCUT2D eigenvalue weighted by Crippen LogP contribution is -2.14. The van der Waals surface area contributed by atoms with E-state index >= 15 is 0 Å². The van der Waals surface area contributed by atoms with Crippen molar-refractivity contribution in [2.24, 2.45) is 0 Å². The van der Waals surface area contributed by atoms with Gasteiger partial charge in [-0.2, -0.15) is 0 Å². The number of ether oxygens (including phenoxy) is 1. The van der Waals surface area contributed by atoms with E-state index in [1.54, 1.807) is 24.3 Å². The first-order valence-corrected chi connectivity index (χ1v) is 11.0. The smallest absolute Gasteiger partial charge is 0.269 e. The summed E-state index contributed by atoms with van der Waals surface area (Å²) in [7, 11) is -3.78. The molecule has 30 heavy (non-hydrogen) atoms. The number of benzene rings is 3. The van der Waals surface area contributed by atoms with Crippen LogP contribution in [0, 0.1) is 13.8 Å². The molecule has 0 N–H and O–H groups in total. The van der Waals surface area contributed by atoms with Crippen LogP contribution in [0.5, 0.6) is 5.75 Å². The second-order valence-corrected chi connectivity index (χ2v) is 8.95. The van der Waals surface area contributed by atoms with Crippen LogP contribution in [-0.2, 0) is 16.6 Å². The molecule has 0 spiro atoms. The highest BCUT2D eigenvalue weighted by Gasteiger charge is 2.22. The highest BCUT2D eigenvalue weighted by Crippen LogP contribution is 2.31. The Balaban J connectivity index is 1.69. The number of aryl methyl sites for hydroxylation is 2. The van der Waals surface area contributed by atoms with E-state index in [1.807, 2.05) is 62.4 Å². The molecule has 3 aromatic carbocycles. The number of nitrogens with zero attached hydrogens (tertiary/aromatic N) is 2. The maximum Gasteiger partial charge on any atom is 0.269 e. The molecule has 0 saturated carbocycles. The largest absolute Gasteiger partial charge is 0.488 e. The molecule has 0 bridgehead atoms. The first kappa shape index (κ1) is 19.9. The Morgan fingerprint density at radius 1 is 0.867 bits per heavy atom. The van der Waals surface area contributed by atoms with E-state index in [0.29, 0.717) is 23.7 Å². The minimum atomic E-state index is -3.78. The fourth-order valence-corrected chi connectivity index (χ4v) is 4.42. The van der Waals surface area contributed by atoms with E-state index in [1.165, 1.54) is 21.9 Å². The number of hydrogen-bond acceptors (Lipinski definition) is 4. The van der Waals surface area contributed by atoms with Crippen molar-refractivity contribution in [1.29, 1.82) is 0 Å². The van der Waals surface area contributed by atoms with E-state index in [0.717, 1.165) is 11.1 Å². The van der Waals surface area contributed by atoms with Crippen molar-refractivity contribution in [2.75, 3.05) is 0 Å². The molecule has 152 valence electrons. The van der Waals surface area contributed by atoms with Crippen molar-refractivity contribution in [3.8, 4) is 17.1 Å². The fourth-order valence-electron chi connectivity index (χ4n) is 3.12. The van der Waals surface area contributed by atoms with Gasteiger partial charge < -0.3 is 4.74 Å². The first-order valence-electron chi connectivity index (χ1n) is 9.58. The Bertz CT molecular complexity index is 1260. The van der Waals surface area contributed by atoms with Gasteiger partial charge in [-0.25, -0.2) is 17.4 Å². The van der Waals surface area contributed by atoms with Gasteiger partial charge in [0.25, 0.3) is 10.0 Å². The summed E-state index contributed by atoms with van der Waals surface area (Å²) >= 11 is 0. The van der Waals surface area contributed by atoms with Gasteiger partial charge in [0, 0.05) is 12.4 Å². The Morgan fingerprint density at radius 2 is 1.50 bits per heavy atom. The van der Waals surface area contributed by atoms with Gasteiger partial charge in [0.15, 0.2) is 5.82 Å². The Morgan fingerprint density at radius 3 is 2.20 bits per heavy atom. The van der Waals surface area contributed by atoms with Crippen LogP contribution < -0.4 is 4.74 Å². The zero-order valence-electron chi connectivity index (χ0n) is 16.8. The third-order valence-corrected chi connectivity index (χ3v) is 6.51. The summed E-state index contributed by atoms with van der Waals surface area (Å²) in [6.07, 6.45) is 2.94. The number of imidazole rings is 1. The van der Waals surface area contributed by atoms with E-state index in [4.69, 9.17) is 4.74 Å². The first-order chi connectivity index (χ1) is 14.4. The molecule has 0 saturated heterocycles. The summed E-state index contributed by atoms with van der Waals surface area (Å²) in [5.41, 5.74) is 3.83. The molecule has 4 aromatic rings. The molecule has 1 aromatic heterocycles. The number of rotatable bonds is 6. The lowest BCUT2D eigenvalue weighted by molar-refractivity contribution is 0.307. The third kappa shape index (κ3) is 4.00. The average molecular weight is 419 g/mol. The molecule has 0 atom stereocenters. The highest BCUT2D eigenvalue weighted by molar-refractivity contribution is 7.90. The predicted molar refractivity (Wildman–Crippen MR) is 117 cm³/mol. The van der Waals surface area contributed by atoms with E-state index in [-0.39, 0.29) is 4.90 Å². The van der Waals surface area contributed by atoms with Crippen LogP contribution in [0.3, 0.4) is 0 Å². The average Bonchev–Trinajstić information content (AvgIpc) is 3.25. The highest BCUT2D eigenvalue weighted by atomic mass is 32.2. The number of para-hydroxylation sites is 1. The minimum Gasteiger partial charge on any atom is -0.488 e. The van der Waals surface area contributed by atoms with Crippen molar-refractivity contribution in [3.05, 3.63) is 102 Å². The molecular formula is C24H22N2O3S. The van der Waals surface area contributed by atoms with E-state index in [9.17, 15) is 8.42 Å². The van der Waals surface area contributed by atoms with Crippen LogP contribution in [-0.4, -0.2) is 17.4 Å². The molecule has 0 amide bonds. The van der Waals surface area contributed by atoms with Crippen LogP contribution in [0.4, 0.5) is 0 Å². The van der Waals surface area contributed by atoms with Crippen molar-refractivity contribution in [3.63, 3.8) is 0 Å². The quantitative estimate of drug-likeness (QED) is 0.443. The maximum absolute atomic E-state index is 13.2. The molecule has 4 rings (SSSR count). The summed E-state index contributed by atoms with van der Waals surface area (Å²) in [6, 6.07) is 22.2. The van der Waals surface area contributed by atoms with E-state index < -0.39 is 10.0 Å². The summed E-state index contributed by atoms with van der Waals surface area (Å²) < 4.78 is 33.6. The summed E-state index contributed by atoms with van der Waals surface area (Å²) in [5.74, 6) is 0.889. The van der Waals surface area contributed by atoms with Crippen molar-refractivity contribution >= 4 is 10.0 Å². The van der Waals surface area contributed by atoms with Gasteiger partial charge in [-0.3, -0.25) is 0 Å². The molecule has 0 radical (unpaired) electrons. The monoisotopic (exact) mass is 418 g/mol. The molecule has 0 unspecified atom stereocenters. The number of hydrogen-bond donors (Lipinski definition) is 0. The van der Waals surface area contributed by atoms with Crippen molar-refractivity contribution in [2.45, 2.75) is 25.3 Å². The molecule has 5 nitrogen and oxygen atoms in total. The lowest BCUT2D eigenvalue weighted by Gasteiger charge is -2.14. The number of aromatic nitrogens is 2. The summed E-state index contributed by atoms with van der Waals surface area (Å²) in [5, 5.41) is 0. The second kappa shape index (κ2) is 8.16. The topological polar surface area (TPSA) is 61.2 Å². The summed E-state index contributed by atoms with van der Waals surface area (Å²) in [6.45, 7) is 4.33. The summed E-state index contributed by atoms with van der Waals surface area (Å²) in [4.78, 5) is 4.54. The standard InChI is InChI=1S/C24H22N2O3S/c1-18-7-11-20(12-8-18)17-29-23-6-4-3-5-22(23)24-25-15-16-26(24)30(27,28)21-13-9-19(2)10-14-21/h3-16H,17H2,1-2H3. The molecule has 0 aliphatic carbocycles. The minimum absolute atomic E-state index is 0.213. The molecule has 0 fully saturated rings. The zero-order chi connectivity index (χ0) is 21.1. The molecule has 0 aliphatic rings. The maximum atomic E-state index is 13.2. The molecule has 1 heterocycles. The Hall–Kier alpha value is -3.38. The second-order valence-electron chi connectivity index (χ2n) is 7.14.